The number of aromatic nitrogens is 1. The van der Waals surface area contributed by atoms with Crippen molar-refractivity contribution in [2.24, 2.45) is 7.05 Å². The van der Waals surface area contributed by atoms with E-state index in [2.05, 4.69) is 4.90 Å². The van der Waals surface area contributed by atoms with Crippen LogP contribution in [0.5, 0.6) is 11.5 Å². The van der Waals surface area contributed by atoms with Crippen LogP contribution in [-0.2, 0) is 23.6 Å². The van der Waals surface area contributed by atoms with Gasteiger partial charge >= 0.3 is 0 Å². The van der Waals surface area contributed by atoms with E-state index in [0.717, 1.165) is 27.1 Å². The van der Waals surface area contributed by atoms with E-state index in [1.54, 1.807) is 41.5 Å². The fourth-order valence-corrected chi connectivity index (χ4v) is 7.02. The summed E-state index contributed by atoms with van der Waals surface area (Å²) in [6.45, 7) is 4.53. The lowest BCUT2D eigenvalue weighted by Crippen LogP contribution is -2.54. The van der Waals surface area contributed by atoms with Crippen molar-refractivity contribution in [2.75, 3.05) is 40.1 Å². The minimum atomic E-state index is -3.22. The Morgan fingerprint density at radius 2 is 1.83 bits per heavy atom. The number of nitrogens with zero attached hydrogens (tertiary/aromatic N) is 3. The standard InChI is InChI=1S/C24H31N3O5S2.H2S/c1-6-17-13-26(9-10-27(17)34(5,29)30)14-18-12-19-23(33-18)20(15-25(2)24(19)28)16-7-8-21(31-3)22(11-16)32-4;/h7-8,11-12,15,17H,6,9-10,13-14H2,1-5H3;1H2/t17-;/m0./s1. The van der Waals surface area contributed by atoms with E-state index >= 15 is 0 Å². The smallest absolute Gasteiger partial charge is 0.259 e. The van der Waals surface area contributed by atoms with Crippen LogP contribution in [0.3, 0.4) is 0 Å². The second kappa shape index (κ2) is 10.9. The predicted octanol–water partition coefficient (Wildman–Crippen LogP) is 3.25. The molecule has 3 heterocycles. The molecular formula is C24H33N3O5S3. The third-order valence-corrected chi connectivity index (χ3v) is 8.87. The van der Waals surface area contributed by atoms with Gasteiger partial charge in [0.1, 0.15) is 0 Å². The largest absolute Gasteiger partial charge is 0.493 e. The zero-order chi connectivity index (χ0) is 24.6. The second-order valence-corrected chi connectivity index (χ2v) is 11.7. The van der Waals surface area contributed by atoms with Crippen LogP contribution in [0.1, 0.15) is 18.2 Å². The number of benzene rings is 1. The van der Waals surface area contributed by atoms with Gasteiger partial charge in [0.05, 0.1) is 25.9 Å². The summed E-state index contributed by atoms with van der Waals surface area (Å²) in [5.41, 5.74) is 1.87. The van der Waals surface area contributed by atoms with E-state index in [-0.39, 0.29) is 25.1 Å². The first-order chi connectivity index (χ1) is 16.2. The van der Waals surface area contributed by atoms with E-state index in [4.69, 9.17) is 9.47 Å². The van der Waals surface area contributed by atoms with Gasteiger partial charge in [-0.1, -0.05) is 13.0 Å². The molecule has 0 unspecified atom stereocenters. The van der Waals surface area contributed by atoms with Crippen molar-refractivity contribution in [1.29, 1.82) is 0 Å². The summed E-state index contributed by atoms with van der Waals surface area (Å²) in [4.78, 5) is 16.3. The number of hydrogen-bond acceptors (Lipinski definition) is 7. The van der Waals surface area contributed by atoms with E-state index in [1.165, 1.54) is 6.26 Å². The Hall–Kier alpha value is -2.05. The number of sulfonamides is 1. The summed E-state index contributed by atoms with van der Waals surface area (Å²) in [6.07, 6.45) is 3.91. The molecule has 0 radical (unpaired) electrons. The van der Waals surface area contributed by atoms with Crippen molar-refractivity contribution in [3.63, 3.8) is 0 Å². The average Bonchev–Trinajstić information content (AvgIpc) is 3.24. The Labute approximate surface area is 217 Å². The molecule has 1 atom stereocenters. The van der Waals surface area contributed by atoms with Gasteiger partial charge in [-0.3, -0.25) is 9.69 Å². The zero-order valence-electron chi connectivity index (χ0n) is 20.7. The zero-order valence-corrected chi connectivity index (χ0v) is 23.3. The van der Waals surface area contributed by atoms with Gasteiger partial charge in [0.25, 0.3) is 5.56 Å². The number of piperazine rings is 1. The van der Waals surface area contributed by atoms with Crippen molar-refractivity contribution in [3.8, 4) is 22.6 Å². The molecule has 11 heteroatoms. The molecule has 0 saturated carbocycles. The highest BCUT2D eigenvalue weighted by Gasteiger charge is 2.31. The number of fused-ring (bicyclic) bond motifs is 1. The minimum Gasteiger partial charge on any atom is -0.493 e. The molecule has 0 bridgehead atoms. The summed E-state index contributed by atoms with van der Waals surface area (Å²) in [6, 6.07) is 7.71. The second-order valence-electron chi connectivity index (χ2n) is 8.66. The van der Waals surface area contributed by atoms with E-state index < -0.39 is 10.0 Å². The van der Waals surface area contributed by atoms with Crippen molar-refractivity contribution in [3.05, 3.63) is 45.7 Å². The Kier molecular flexibility index (Phi) is 8.59. The van der Waals surface area contributed by atoms with Crippen LogP contribution in [0.2, 0.25) is 0 Å². The SMILES string of the molecule is CC[C@H]1CN(Cc2cc3c(=O)n(C)cc(-c4ccc(OC)c(OC)c4)c3s2)CCN1S(C)(=O)=O.S. The van der Waals surface area contributed by atoms with E-state index in [0.29, 0.717) is 43.1 Å². The third kappa shape index (κ3) is 5.54. The normalized spacial score (nSPS) is 17.3. The highest BCUT2D eigenvalue weighted by Crippen LogP contribution is 2.38. The van der Waals surface area contributed by atoms with Crippen molar-refractivity contribution >= 4 is 44.9 Å². The predicted molar refractivity (Wildman–Crippen MR) is 147 cm³/mol. The quantitative estimate of drug-likeness (QED) is 0.459. The number of thiophene rings is 1. The van der Waals surface area contributed by atoms with Gasteiger partial charge in [0.15, 0.2) is 11.5 Å². The maximum absolute atomic E-state index is 12.9. The molecule has 1 saturated heterocycles. The lowest BCUT2D eigenvalue weighted by Gasteiger charge is -2.39. The number of pyridine rings is 1. The molecule has 1 aliphatic heterocycles. The molecule has 1 fully saturated rings. The molecule has 4 rings (SSSR count). The van der Waals surface area contributed by atoms with Crippen LogP contribution in [0.15, 0.2) is 35.3 Å². The van der Waals surface area contributed by atoms with Crippen molar-refractivity contribution < 1.29 is 17.9 Å². The number of rotatable bonds is 7. The van der Waals surface area contributed by atoms with Crippen LogP contribution >= 0.6 is 24.8 Å². The molecule has 0 amide bonds. The first kappa shape index (κ1) is 27.5. The average molecular weight is 540 g/mol. The van der Waals surface area contributed by atoms with Crippen LogP contribution < -0.4 is 15.0 Å². The van der Waals surface area contributed by atoms with Gasteiger partial charge in [-0.15, -0.1) is 11.3 Å². The highest BCUT2D eigenvalue weighted by molar-refractivity contribution is 7.88. The number of aryl methyl sites for hydroxylation is 1. The van der Waals surface area contributed by atoms with Gasteiger partial charge in [-0.2, -0.15) is 17.8 Å². The summed E-state index contributed by atoms with van der Waals surface area (Å²) >= 11 is 1.61. The molecule has 0 aliphatic carbocycles. The molecular weight excluding hydrogens is 506 g/mol. The number of hydrogen-bond donors (Lipinski definition) is 0. The summed E-state index contributed by atoms with van der Waals surface area (Å²) in [5, 5.41) is 0.691. The molecule has 192 valence electrons. The number of ether oxygens (including phenoxy) is 2. The Bertz CT molecular complexity index is 1370. The Balaban J connectivity index is 0.00000342. The minimum absolute atomic E-state index is 0. The first-order valence-electron chi connectivity index (χ1n) is 11.2. The molecule has 0 N–H and O–H groups in total. The monoisotopic (exact) mass is 539 g/mol. The van der Waals surface area contributed by atoms with Crippen molar-refractivity contribution in [2.45, 2.75) is 25.9 Å². The molecule has 8 nitrogen and oxygen atoms in total. The fourth-order valence-electron chi connectivity index (χ4n) is 4.63. The maximum Gasteiger partial charge on any atom is 0.259 e. The van der Waals surface area contributed by atoms with Crippen LogP contribution in [-0.4, -0.2) is 68.3 Å². The van der Waals surface area contributed by atoms with Gasteiger partial charge in [-0.25, -0.2) is 8.42 Å². The summed E-state index contributed by atoms with van der Waals surface area (Å²) in [7, 11) is 1.76. The molecule has 3 aromatic rings. The third-order valence-electron chi connectivity index (χ3n) is 6.39. The summed E-state index contributed by atoms with van der Waals surface area (Å²) in [5.74, 6) is 1.28. The number of methoxy groups -OCH3 is 2. The van der Waals surface area contributed by atoms with Gasteiger partial charge < -0.3 is 14.0 Å². The first-order valence-corrected chi connectivity index (χ1v) is 13.9. The van der Waals surface area contributed by atoms with Crippen LogP contribution in [0.4, 0.5) is 0 Å². The van der Waals surface area contributed by atoms with Gasteiger partial charge in [0, 0.05) is 60.6 Å². The molecule has 35 heavy (non-hydrogen) atoms. The molecule has 2 aromatic heterocycles. The molecule has 1 aromatic carbocycles. The van der Waals surface area contributed by atoms with Crippen LogP contribution in [0, 0.1) is 0 Å². The van der Waals surface area contributed by atoms with Crippen LogP contribution in [0.25, 0.3) is 21.2 Å². The highest BCUT2D eigenvalue weighted by atomic mass is 32.2. The fraction of sp³-hybridized carbons (Fsp3) is 0.458. The Morgan fingerprint density at radius 1 is 1.11 bits per heavy atom. The van der Waals surface area contributed by atoms with Gasteiger partial charge in [0.2, 0.25) is 10.0 Å². The molecule has 0 spiro atoms. The van der Waals surface area contributed by atoms with E-state index in [9.17, 15) is 13.2 Å². The Morgan fingerprint density at radius 3 is 2.46 bits per heavy atom. The lowest BCUT2D eigenvalue weighted by molar-refractivity contribution is 0.128. The topological polar surface area (TPSA) is 81.1 Å². The summed E-state index contributed by atoms with van der Waals surface area (Å²) < 4.78 is 39.3. The lowest BCUT2D eigenvalue weighted by atomic mass is 10.1. The van der Waals surface area contributed by atoms with E-state index in [1.807, 2.05) is 37.4 Å². The van der Waals surface area contributed by atoms with Gasteiger partial charge in [-0.05, 0) is 30.2 Å². The molecule has 1 aliphatic rings. The maximum atomic E-state index is 12.9. The van der Waals surface area contributed by atoms with Crippen molar-refractivity contribution in [1.82, 2.24) is 13.8 Å².